The molecule has 1 rings (SSSR count). The predicted molar refractivity (Wildman–Crippen MR) is 95.5 cm³/mol. The van der Waals surface area contributed by atoms with Crippen molar-refractivity contribution in [3.05, 3.63) is 24.3 Å². The van der Waals surface area contributed by atoms with E-state index < -0.39 is 10.0 Å². The first-order valence-electron chi connectivity index (χ1n) is 7.86. The van der Waals surface area contributed by atoms with E-state index in [4.69, 9.17) is 0 Å². The number of sulfonamides is 1. The third kappa shape index (κ3) is 6.99. The fourth-order valence-electron chi connectivity index (χ4n) is 2.10. The first-order chi connectivity index (χ1) is 11.2. The van der Waals surface area contributed by atoms with Gasteiger partial charge in [-0.15, -0.1) is 0 Å². The van der Waals surface area contributed by atoms with Gasteiger partial charge in [0, 0.05) is 19.2 Å². The van der Waals surface area contributed by atoms with Crippen LogP contribution in [0.15, 0.2) is 24.3 Å². The Morgan fingerprint density at radius 3 is 2.25 bits per heavy atom. The van der Waals surface area contributed by atoms with Crippen LogP contribution in [0.25, 0.3) is 0 Å². The summed E-state index contributed by atoms with van der Waals surface area (Å²) in [5.74, 6) is -0.559. The van der Waals surface area contributed by atoms with Gasteiger partial charge in [0.2, 0.25) is 21.8 Å². The first-order valence-corrected chi connectivity index (χ1v) is 9.71. The molecule has 0 fully saturated rings. The van der Waals surface area contributed by atoms with E-state index in [0.717, 1.165) is 29.8 Å². The molecule has 7 nitrogen and oxygen atoms in total. The van der Waals surface area contributed by atoms with Crippen LogP contribution in [0, 0.1) is 0 Å². The molecule has 1 aromatic rings. The molecule has 0 radical (unpaired) electrons. The second-order valence-electron chi connectivity index (χ2n) is 5.55. The van der Waals surface area contributed by atoms with Crippen LogP contribution in [0.3, 0.4) is 0 Å². The van der Waals surface area contributed by atoms with Gasteiger partial charge >= 0.3 is 0 Å². The van der Waals surface area contributed by atoms with Crippen LogP contribution in [0.5, 0.6) is 0 Å². The molecule has 0 bridgehead atoms. The molecule has 0 aromatic heterocycles. The van der Waals surface area contributed by atoms with E-state index in [2.05, 4.69) is 17.6 Å². The van der Waals surface area contributed by atoms with Gasteiger partial charge in [0.05, 0.1) is 11.9 Å². The van der Waals surface area contributed by atoms with Gasteiger partial charge in [-0.05, 0) is 30.7 Å². The van der Waals surface area contributed by atoms with Gasteiger partial charge in [-0.1, -0.05) is 19.8 Å². The first kappa shape index (κ1) is 20.0. The fourth-order valence-corrected chi connectivity index (χ4v) is 2.96. The molecule has 0 atom stereocenters. The number of nitrogens with zero attached hydrogens (tertiary/aromatic N) is 1. The molecule has 0 saturated carbocycles. The van der Waals surface area contributed by atoms with Crippen LogP contribution in [0.1, 0.15) is 33.1 Å². The summed E-state index contributed by atoms with van der Waals surface area (Å²) in [4.78, 5) is 23.0. The average molecular weight is 355 g/mol. The Kier molecular flexibility index (Phi) is 7.70. The molecule has 134 valence electrons. The smallest absolute Gasteiger partial charge is 0.240 e. The number of benzene rings is 1. The maximum atomic E-state index is 12.0. The maximum Gasteiger partial charge on any atom is 0.240 e. The molecular weight excluding hydrogens is 330 g/mol. The van der Waals surface area contributed by atoms with Crippen molar-refractivity contribution in [2.24, 2.45) is 0 Å². The molecule has 0 spiro atoms. The van der Waals surface area contributed by atoms with Gasteiger partial charge in [-0.2, -0.15) is 0 Å². The number of carbonyl (C=O) groups excluding carboxylic acids is 2. The maximum absolute atomic E-state index is 12.0. The van der Waals surface area contributed by atoms with Gasteiger partial charge < -0.3 is 10.6 Å². The highest BCUT2D eigenvalue weighted by molar-refractivity contribution is 7.92. The molecule has 0 aliphatic rings. The third-order valence-electron chi connectivity index (χ3n) is 3.27. The SMILES string of the molecule is CCCCCNC(=O)CN(c1ccc(NC(C)=O)cc1)S(C)(=O)=O. The van der Waals surface area contributed by atoms with Crippen LogP contribution in [-0.2, 0) is 19.6 Å². The van der Waals surface area contributed by atoms with Gasteiger partial charge in [0.1, 0.15) is 6.54 Å². The van der Waals surface area contributed by atoms with Crippen molar-refractivity contribution >= 4 is 33.2 Å². The molecule has 8 heteroatoms. The number of anilines is 2. The molecular formula is C16H25N3O4S. The van der Waals surface area contributed by atoms with Crippen LogP contribution >= 0.6 is 0 Å². The number of nitrogens with one attached hydrogen (secondary N) is 2. The Labute approximate surface area is 143 Å². The lowest BCUT2D eigenvalue weighted by Crippen LogP contribution is -2.40. The summed E-state index contributed by atoms with van der Waals surface area (Å²) >= 11 is 0. The lowest BCUT2D eigenvalue weighted by atomic mass is 10.2. The largest absolute Gasteiger partial charge is 0.355 e. The molecule has 2 amide bonds. The highest BCUT2D eigenvalue weighted by atomic mass is 32.2. The van der Waals surface area contributed by atoms with Gasteiger partial charge in [-0.25, -0.2) is 8.42 Å². The molecule has 24 heavy (non-hydrogen) atoms. The van der Waals surface area contributed by atoms with Gasteiger partial charge in [0.25, 0.3) is 0 Å². The number of hydrogen-bond acceptors (Lipinski definition) is 4. The Morgan fingerprint density at radius 2 is 1.75 bits per heavy atom. The fraction of sp³-hybridized carbons (Fsp3) is 0.500. The van der Waals surface area contributed by atoms with Crippen LogP contribution in [0.2, 0.25) is 0 Å². The second-order valence-corrected chi connectivity index (χ2v) is 7.46. The summed E-state index contributed by atoms with van der Waals surface area (Å²) in [7, 11) is -3.60. The quantitative estimate of drug-likeness (QED) is 0.659. The highest BCUT2D eigenvalue weighted by Gasteiger charge is 2.20. The predicted octanol–water partition coefficient (Wildman–Crippen LogP) is 1.72. The molecule has 0 unspecified atom stereocenters. The minimum Gasteiger partial charge on any atom is -0.355 e. The number of hydrogen-bond donors (Lipinski definition) is 2. The monoisotopic (exact) mass is 355 g/mol. The van der Waals surface area contributed by atoms with Crippen molar-refractivity contribution in [3.63, 3.8) is 0 Å². The van der Waals surface area contributed by atoms with Crippen molar-refractivity contribution in [3.8, 4) is 0 Å². The lowest BCUT2D eigenvalue weighted by molar-refractivity contribution is -0.119. The number of rotatable bonds is 9. The van der Waals surface area contributed by atoms with Gasteiger partial charge in [0.15, 0.2) is 0 Å². The number of amides is 2. The summed E-state index contributed by atoms with van der Waals surface area (Å²) in [6.45, 7) is 3.72. The Bertz CT molecular complexity index is 656. The molecule has 2 N–H and O–H groups in total. The molecule has 0 heterocycles. The minimum atomic E-state index is -3.60. The van der Waals surface area contributed by atoms with E-state index >= 15 is 0 Å². The van der Waals surface area contributed by atoms with Gasteiger partial charge in [-0.3, -0.25) is 13.9 Å². The normalized spacial score (nSPS) is 11.0. The highest BCUT2D eigenvalue weighted by Crippen LogP contribution is 2.20. The van der Waals surface area contributed by atoms with Crippen LogP contribution in [0.4, 0.5) is 11.4 Å². The molecule has 0 aliphatic heterocycles. The number of carbonyl (C=O) groups is 2. The Morgan fingerprint density at radius 1 is 1.12 bits per heavy atom. The summed E-state index contributed by atoms with van der Waals surface area (Å²) in [5, 5.41) is 5.33. The van der Waals surface area contributed by atoms with E-state index in [1.54, 1.807) is 24.3 Å². The van der Waals surface area contributed by atoms with Crippen LogP contribution in [-0.4, -0.2) is 39.6 Å². The topological polar surface area (TPSA) is 95.6 Å². The van der Waals surface area contributed by atoms with E-state index in [-0.39, 0.29) is 18.4 Å². The molecule has 0 saturated heterocycles. The van der Waals surface area contributed by atoms with Crippen molar-refractivity contribution in [2.75, 3.05) is 29.0 Å². The summed E-state index contributed by atoms with van der Waals surface area (Å²) in [6, 6.07) is 6.29. The van der Waals surface area contributed by atoms with Crippen molar-refractivity contribution in [2.45, 2.75) is 33.1 Å². The minimum absolute atomic E-state index is 0.214. The third-order valence-corrected chi connectivity index (χ3v) is 4.41. The Balaban J connectivity index is 2.79. The van der Waals surface area contributed by atoms with Crippen molar-refractivity contribution in [1.82, 2.24) is 5.32 Å². The zero-order valence-corrected chi connectivity index (χ0v) is 15.1. The Hall–Kier alpha value is -2.09. The van der Waals surface area contributed by atoms with E-state index in [9.17, 15) is 18.0 Å². The lowest BCUT2D eigenvalue weighted by Gasteiger charge is -2.22. The molecule has 0 aliphatic carbocycles. The van der Waals surface area contributed by atoms with E-state index in [1.165, 1.54) is 6.92 Å². The zero-order valence-electron chi connectivity index (χ0n) is 14.3. The standard InChI is InChI=1S/C16H25N3O4S/c1-4-5-6-11-17-16(21)12-19(24(3,22)23)15-9-7-14(8-10-15)18-13(2)20/h7-10H,4-6,11-12H2,1-3H3,(H,17,21)(H,18,20). The van der Waals surface area contributed by atoms with E-state index in [0.29, 0.717) is 17.9 Å². The van der Waals surface area contributed by atoms with Crippen molar-refractivity contribution < 1.29 is 18.0 Å². The summed E-state index contributed by atoms with van der Waals surface area (Å²) < 4.78 is 25.0. The average Bonchev–Trinajstić information content (AvgIpc) is 2.48. The van der Waals surface area contributed by atoms with E-state index in [1.807, 2.05) is 0 Å². The van der Waals surface area contributed by atoms with Crippen LogP contribution < -0.4 is 14.9 Å². The molecule has 1 aromatic carbocycles. The number of unbranched alkanes of at least 4 members (excludes halogenated alkanes) is 2. The summed E-state index contributed by atoms with van der Waals surface area (Å²) in [5.41, 5.74) is 0.930. The summed E-state index contributed by atoms with van der Waals surface area (Å²) in [6.07, 6.45) is 3.98. The second kappa shape index (κ2) is 9.27. The van der Waals surface area contributed by atoms with Crippen molar-refractivity contribution in [1.29, 1.82) is 0 Å². The zero-order chi connectivity index (χ0) is 18.2.